The third-order valence-electron chi connectivity index (χ3n) is 11.2. The van der Waals surface area contributed by atoms with E-state index >= 15 is 0 Å². The second-order valence-electron chi connectivity index (χ2n) is 14.6. The van der Waals surface area contributed by atoms with E-state index in [-0.39, 0.29) is 0 Å². The first-order valence-electron chi connectivity index (χ1n) is 19.5. The molecular weight excluding hydrogens is 705 g/mol. The average molecular weight is 739 g/mol. The molecule has 0 N–H and O–H groups in total. The van der Waals surface area contributed by atoms with Gasteiger partial charge in [-0.05, 0) is 74.6 Å². The van der Waals surface area contributed by atoms with Gasteiger partial charge in [-0.15, -0.1) is 0 Å². The van der Waals surface area contributed by atoms with Crippen LogP contribution in [0.3, 0.4) is 0 Å². The van der Waals surface area contributed by atoms with Crippen molar-refractivity contribution in [1.29, 1.82) is 0 Å². The molecule has 0 aliphatic carbocycles. The number of fused-ring (bicyclic) bond motifs is 8. The first kappa shape index (κ1) is 33.5. The van der Waals surface area contributed by atoms with Crippen LogP contribution < -0.4 is 0 Å². The van der Waals surface area contributed by atoms with Crippen LogP contribution in [0.25, 0.3) is 111 Å². The van der Waals surface area contributed by atoms with Crippen molar-refractivity contribution in [2.45, 2.75) is 0 Å². The van der Waals surface area contributed by atoms with E-state index in [1.807, 2.05) is 48.8 Å². The fraction of sp³-hybridized carbons (Fsp3) is 0. The van der Waals surface area contributed by atoms with Crippen molar-refractivity contribution in [2.75, 3.05) is 0 Å². The van der Waals surface area contributed by atoms with E-state index in [0.29, 0.717) is 0 Å². The van der Waals surface area contributed by atoms with Crippen LogP contribution in [-0.2, 0) is 0 Å². The third kappa shape index (κ3) is 5.87. The Bertz CT molecular complexity index is 3190. The molecule has 270 valence electrons. The molecule has 11 aromatic rings. The van der Waals surface area contributed by atoms with Gasteiger partial charge in [-0.25, -0.2) is 9.97 Å². The summed E-state index contributed by atoms with van der Waals surface area (Å²) in [5, 5.41) is 8.50. The third-order valence-corrected chi connectivity index (χ3v) is 11.2. The van der Waals surface area contributed by atoms with E-state index in [9.17, 15) is 0 Å². The molecule has 0 spiro atoms. The summed E-state index contributed by atoms with van der Waals surface area (Å²) in [6.07, 6.45) is 3.76. The molecule has 4 aromatic heterocycles. The van der Waals surface area contributed by atoms with Gasteiger partial charge in [0.25, 0.3) is 0 Å². The number of hydrogen-bond donors (Lipinski definition) is 0. The standard InChI is InChI=1S/C54H34N4/c1-2-12-35(13-3-1)40-29-30-49(56-34-40)51-33-41(32-50(57-51)38-25-23-37(24-26-38)47-19-10-11-31-55-47)36-21-27-39(28-22-36)54-53-45-17-7-5-15-43(45)42-14-4-6-16-44(42)52(53)46-18-8-9-20-48(46)58-54/h1-34H. The SMILES string of the molecule is c1ccc(-c2ccc(-c3cc(-c4ccc(-c5nc6ccccc6c6c7ccccc7c7ccccc7c56)cc4)cc(-c4ccc(-c5ccccn5)cc4)n3)nc2)cc1. The summed E-state index contributed by atoms with van der Waals surface area (Å²) in [6, 6.07) is 68.1. The minimum atomic E-state index is 0.811. The van der Waals surface area contributed by atoms with Crippen molar-refractivity contribution in [3.63, 3.8) is 0 Å². The number of benzene rings is 7. The van der Waals surface area contributed by atoms with Gasteiger partial charge < -0.3 is 0 Å². The highest BCUT2D eigenvalue weighted by molar-refractivity contribution is 6.33. The van der Waals surface area contributed by atoms with Crippen molar-refractivity contribution < 1.29 is 0 Å². The molecular formula is C54H34N4. The Balaban J connectivity index is 1.05. The van der Waals surface area contributed by atoms with Crippen LogP contribution in [0.5, 0.6) is 0 Å². The number of rotatable bonds is 6. The zero-order valence-corrected chi connectivity index (χ0v) is 31.4. The maximum Gasteiger partial charge on any atom is 0.0899 e. The van der Waals surface area contributed by atoms with Crippen molar-refractivity contribution >= 4 is 43.2 Å². The molecule has 4 nitrogen and oxygen atoms in total. The average Bonchev–Trinajstić information content (AvgIpc) is 3.32. The van der Waals surface area contributed by atoms with Crippen molar-refractivity contribution in [1.82, 2.24) is 19.9 Å². The molecule has 0 radical (unpaired) electrons. The van der Waals surface area contributed by atoms with E-state index in [0.717, 1.165) is 78.3 Å². The topological polar surface area (TPSA) is 51.6 Å². The van der Waals surface area contributed by atoms with Crippen LogP contribution >= 0.6 is 0 Å². The Kier molecular flexibility index (Phi) is 8.11. The quantitative estimate of drug-likeness (QED) is 0.159. The maximum absolute atomic E-state index is 5.38. The number of pyridine rings is 4. The molecule has 58 heavy (non-hydrogen) atoms. The smallest absolute Gasteiger partial charge is 0.0899 e. The van der Waals surface area contributed by atoms with Crippen LogP contribution in [-0.4, -0.2) is 19.9 Å². The summed E-state index contributed by atoms with van der Waals surface area (Å²) in [4.78, 5) is 20.0. The Morgan fingerprint density at radius 2 is 0.828 bits per heavy atom. The highest BCUT2D eigenvalue weighted by Crippen LogP contribution is 2.43. The number of hydrogen-bond acceptors (Lipinski definition) is 4. The van der Waals surface area contributed by atoms with Crippen molar-refractivity contribution in [3.8, 4) is 67.4 Å². The summed E-state index contributed by atoms with van der Waals surface area (Å²) in [5.74, 6) is 0. The summed E-state index contributed by atoms with van der Waals surface area (Å²) in [5.41, 5.74) is 12.9. The Morgan fingerprint density at radius 3 is 1.52 bits per heavy atom. The van der Waals surface area contributed by atoms with Crippen LogP contribution in [0, 0.1) is 0 Å². The van der Waals surface area contributed by atoms with Crippen LogP contribution in [0.4, 0.5) is 0 Å². The molecule has 0 aliphatic rings. The zero-order valence-electron chi connectivity index (χ0n) is 31.4. The molecule has 0 atom stereocenters. The molecule has 0 saturated heterocycles. The van der Waals surface area contributed by atoms with Crippen molar-refractivity contribution in [3.05, 3.63) is 207 Å². The maximum atomic E-state index is 5.38. The summed E-state index contributed by atoms with van der Waals surface area (Å²) in [7, 11) is 0. The molecule has 4 heteroatoms. The predicted octanol–water partition coefficient (Wildman–Crippen LogP) is 13.9. The molecule has 4 heterocycles. The molecule has 11 rings (SSSR count). The Hall–Kier alpha value is -7.82. The summed E-state index contributed by atoms with van der Waals surface area (Å²) in [6.45, 7) is 0. The Labute approximate surface area is 335 Å². The monoisotopic (exact) mass is 738 g/mol. The minimum absolute atomic E-state index is 0.811. The molecule has 0 fully saturated rings. The van der Waals surface area contributed by atoms with Crippen LogP contribution in [0.2, 0.25) is 0 Å². The minimum Gasteiger partial charge on any atom is -0.256 e. The number of aromatic nitrogens is 4. The van der Waals surface area contributed by atoms with Crippen LogP contribution in [0.1, 0.15) is 0 Å². The molecule has 0 bridgehead atoms. The van der Waals surface area contributed by atoms with Gasteiger partial charge in [0, 0.05) is 50.8 Å². The van der Waals surface area contributed by atoms with Gasteiger partial charge in [0.15, 0.2) is 0 Å². The van der Waals surface area contributed by atoms with E-state index in [1.54, 1.807) is 0 Å². The number of para-hydroxylation sites is 1. The molecule has 0 saturated carbocycles. The van der Waals surface area contributed by atoms with E-state index in [1.165, 1.54) is 32.3 Å². The Morgan fingerprint density at radius 1 is 0.276 bits per heavy atom. The number of nitrogens with zero attached hydrogens (tertiary/aromatic N) is 4. The van der Waals surface area contributed by atoms with Crippen LogP contribution in [0.15, 0.2) is 207 Å². The second-order valence-corrected chi connectivity index (χ2v) is 14.6. The first-order valence-corrected chi connectivity index (χ1v) is 19.5. The van der Waals surface area contributed by atoms with E-state index < -0.39 is 0 Å². The molecule has 0 unspecified atom stereocenters. The fourth-order valence-corrected chi connectivity index (χ4v) is 8.32. The van der Waals surface area contributed by atoms with Gasteiger partial charge >= 0.3 is 0 Å². The molecule has 7 aromatic carbocycles. The lowest BCUT2D eigenvalue weighted by Crippen LogP contribution is -1.94. The predicted molar refractivity (Wildman–Crippen MR) is 240 cm³/mol. The first-order chi connectivity index (χ1) is 28.7. The zero-order chi connectivity index (χ0) is 38.4. The van der Waals surface area contributed by atoms with E-state index in [4.69, 9.17) is 15.0 Å². The van der Waals surface area contributed by atoms with Gasteiger partial charge in [-0.1, -0.05) is 158 Å². The second kappa shape index (κ2) is 14.0. The highest BCUT2D eigenvalue weighted by Gasteiger charge is 2.18. The normalized spacial score (nSPS) is 11.4. The fourth-order valence-electron chi connectivity index (χ4n) is 8.32. The molecule has 0 aliphatic heterocycles. The van der Waals surface area contributed by atoms with E-state index in [2.05, 4.69) is 163 Å². The summed E-state index contributed by atoms with van der Waals surface area (Å²) < 4.78 is 0. The van der Waals surface area contributed by atoms with Crippen molar-refractivity contribution in [2.24, 2.45) is 0 Å². The lowest BCUT2D eigenvalue weighted by molar-refractivity contribution is 1.25. The van der Waals surface area contributed by atoms with Gasteiger partial charge in [0.2, 0.25) is 0 Å². The summed E-state index contributed by atoms with van der Waals surface area (Å²) >= 11 is 0. The largest absolute Gasteiger partial charge is 0.256 e. The molecule has 0 amide bonds. The lowest BCUT2D eigenvalue weighted by atomic mass is 9.89. The van der Waals surface area contributed by atoms with Gasteiger partial charge in [-0.3, -0.25) is 9.97 Å². The lowest BCUT2D eigenvalue weighted by Gasteiger charge is -2.16. The van der Waals surface area contributed by atoms with Gasteiger partial charge in [-0.2, -0.15) is 0 Å². The van der Waals surface area contributed by atoms with Gasteiger partial charge in [0.1, 0.15) is 0 Å². The highest BCUT2D eigenvalue weighted by atomic mass is 14.8. The van der Waals surface area contributed by atoms with Gasteiger partial charge in [0.05, 0.1) is 34.0 Å².